The number of nitrogens with one attached hydrogen (secondary N) is 2. The maximum Gasteiger partial charge on any atom is 0.315 e. The first-order valence-corrected chi connectivity index (χ1v) is 6.47. The molecule has 1 aromatic rings. The van der Waals surface area contributed by atoms with Crippen molar-refractivity contribution in [3.63, 3.8) is 0 Å². The number of urea groups is 1. The topological polar surface area (TPSA) is 104 Å². The summed E-state index contributed by atoms with van der Waals surface area (Å²) >= 11 is 0. The van der Waals surface area contributed by atoms with E-state index >= 15 is 0 Å². The van der Waals surface area contributed by atoms with Crippen molar-refractivity contribution < 1.29 is 14.8 Å². The normalized spacial score (nSPS) is 16.1. The lowest BCUT2D eigenvalue weighted by Gasteiger charge is -2.36. The highest BCUT2D eigenvalue weighted by Gasteiger charge is 2.34. The zero-order valence-corrected chi connectivity index (χ0v) is 11.0. The number of carbonyl (C=O) groups is 1. The van der Waals surface area contributed by atoms with E-state index in [0.29, 0.717) is 18.4 Å². The molecule has 2 amide bonds. The molecule has 7 heteroatoms. The van der Waals surface area contributed by atoms with E-state index in [9.17, 15) is 20.0 Å². The summed E-state index contributed by atoms with van der Waals surface area (Å²) in [7, 11) is 0. The lowest BCUT2D eigenvalue weighted by atomic mass is 9.80. The van der Waals surface area contributed by atoms with E-state index in [0.717, 1.165) is 6.42 Å². The molecule has 1 aliphatic rings. The van der Waals surface area contributed by atoms with Crippen LogP contribution in [0.4, 0.5) is 10.5 Å². The molecule has 7 nitrogen and oxygen atoms in total. The minimum Gasteiger partial charge on any atom is -0.388 e. The van der Waals surface area contributed by atoms with Gasteiger partial charge in [0.25, 0.3) is 5.69 Å². The SMILES string of the molecule is O=C(NCc1ccccc1[N+](=O)[O-])NCC1(O)CCC1. The third kappa shape index (κ3) is 3.45. The zero-order chi connectivity index (χ0) is 14.6. The Morgan fingerprint density at radius 1 is 1.35 bits per heavy atom. The Labute approximate surface area is 116 Å². The van der Waals surface area contributed by atoms with E-state index in [4.69, 9.17) is 0 Å². The summed E-state index contributed by atoms with van der Waals surface area (Å²) in [6.45, 7) is 0.275. The summed E-state index contributed by atoms with van der Waals surface area (Å²) in [4.78, 5) is 21.9. The van der Waals surface area contributed by atoms with Gasteiger partial charge in [0.2, 0.25) is 0 Å². The molecule has 0 saturated heterocycles. The number of carbonyl (C=O) groups excluding carboxylic acids is 1. The highest BCUT2D eigenvalue weighted by molar-refractivity contribution is 5.74. The number of para-hydroxylation sites is 1. The van der Waals surface area contributed by atoms with Gasteiger partial charge in [0.1, 0.15) is 0 Å². The van der Waals surface area contributed by atoms with Crippen molar-refractivity contribution in [2.45, 2.75) is 31.4 Å². The van der Waals surface area contributed by atoms with Crippen LogP contribution in [0.25, 0.3) is 0 Å². The molecule has 108 valence electrons. The quantitative estimate of drug-likeness (QED) is 0.558. The maximum absolute atomic E-state index is 11.6. The standard InChI is InChI=1S/C13H17N3O4/c17-12(15-9-13(18)6-3-7-13)14-8-10-4-1-2-5-11(10)16(19)20/h1-2,4-5,18H,3,6-9H2,(H2,14,15,17). The van der Waals surface area contributed by atoms with E-state index in [-0.39, 0.29) is 18.8 Å². The van der Waals surface area contributed by atoms with Crippen LogP contribution < -0.4 is 10.6 Å². The summed E-state index contributed by atoms with van der Waals surface area (Å²) in [6, 6.07) is 5.81. The first-order chi connectivity index (χ1) is 9.50. The van der Waals surface area contributed by atoms with E-state index in [1.165, 1.54) is 6.07 Å². The molecule has 20 heavy (non-hydrogen) atoms. The molecule has 1 fully saturated rings. The number of hydrogen-bond donors (Lipinski definition) is 3. The fourth-order valence-electron chi connectivity index (χ4n) is 2.08. The second-order valence-corrected chi connectivity index (χ2v) is 5.00. The number of amides is 2. The van der Waals surface area contributed by atoms with Crippen LogP contribution in [0.15, 0.2) is 24.3 Å². The maximum atomic E-state index is 11.6. The minimum atomic E-state index is -0.782. The molecular formula is C13H17N3O4. The summed E-state index contributed by atoms with van der Waals surface area (Å²) in [5, 5.41) is 25.8. The summed E-state index contributed by atoms with van der Waals surface area (Å²) < 4.78 is 0. The molecule has 0 bridgehead atoms. The first-order valence-electron chi connectivity index (χ1n) is 6.47. The molecule has 0 heterocycles. The highest BCUT2D eigenvalue weighted by atomic mass is 16.6. The van der Waals surface area contributed by atoms with Crippen LogP contribution in [0.3, 0.4) is 0 Å². The number of aliphatic hydroxyl groups is 1. The van der Waals surface area contributed by atoms with Crippen LogP contribution in [0, 0.1) is 10.1 Å². The van der Waals surface area contributed by atoms with Crippen LogP contribution in [0.5, 0.6) is 0 Å². The Balaban J connectivity index is 1.82. The van der Waals surface area contributed by atoms with E-state index in [1.807, 2.05) is 0 Å². The third-order valence-corrected chi connectivity index (χ3v) is 3.49. The molecule has 1 aromatic carbocycles. The van der Waals surface area contributed by atoms with Gasteiger partial charge in [-0.3, -0.25) is 10.1 Å². The van der Waals surface area contributed by atoms with E-state index in [1.54, 1.807) is 18.2 Å². The second-order valence-electron chi connectivity index (χ2n) is 5.00. The Kier molecular flexibility index (Phi) is 4.19. The van der Waals surface area contributed by atoms with Gasteiger partial charge in [-0.05, 0) is 19.3 Å². The van der Waals surface area contributed by atoms with Gasteiger partial charge in [-0.25, -0.2) is 4.79 Å². The Bertz CT molecular complexity index is 514. The molecular weight excluding hydrogens is 262 g/mol. The molecule has 1 aliphatic carbocycles. The molecule has 2 rings (SSSR count). The van der Waals surface area contributed by atoms with Crippen LogP contribution in [-0.4, -0.2) is 28.2 Å². The van der Waals surface area contributed by atoms with Crippen LogP contribution >= 0.6 is 0 Å². The minimum absolute atomic E-state index is 0.0228. The number of hydrogen-bond acceptors (Lipinski definition) is 4. The van der Waals surface area contributed by atoms with Gasteiger partial charge in [-0.1, -0.05) is 18.2 Å². The van der Waals surface area contributed by atoms with Crippen molar-refractivity contribution in [3.05, 3.63) is 39.9 Å². The molecule has 3 N–H and O–H groups in total. The van der Waals surface area contributed by atoms with Gasteiger partial charge >= 0.3 is 6.03 Å². The van der Waals surface area contributed by atoms with Gasteiger partial charge in [-0.2, -0.15) is 0 Å². The zero-order valence-electron chi connectivity index (χ0n) is 11.0. The Morgan fingerprint density at radius 3 is 2.65 bits per heavy atom. The third-order valence-electron chi connectivity index (χ3n) is 3.49. The predicted molar refractivity (Wildman–Crippen MR) is 72.1 cm³/mol. The van der Waals surface area contributed by atoms with Crippen LogP contribution in [0.2, 0.25) is 0 Å². The van der Waals surface area contributed by atoms with Crippen molar-refractivity contribution in [2.24, 2.45) is 0 Å². The number of nitro benzene ring substituents is 1. The Hall–Kier alpha value is -2.15. The van der Waals surface area contributed by atoms with Crippen molar-refractivity contribution >= 4 is 11.7 Å². The lowest BCUT2D eigenvalue weighted by Crippen LogP contribution is -2.49. The van der Waals surface area contributed by atoms with E-state index < -0.39 is 16.6 Å². The molecule has 0 aromatic heterocycles. The van der Waals surface area contributed by atoms with Gasteiger partial charge < -0.3 is 15.7 Å². The van der Waals surface area contributed by atoms with Gasteiger partial charge in [-0.15, -0.1) is 0 Å². The number of rotatable bonds is 5. The number of nitrogens with zero attached hydrogens (tertiary/aromatic N) is 1. The van der Waals surface area contributed by atoms with Crippen molar-refractivity contribution in [3.8, 4) is 0 Å². The molecule has 0 spiro atoms. The number of benzene rings is 1. The first kappa shape index (κ1) is 14.3. The fourth-order valence-corrected chi connectivity index (χ4v) is 2.08. The Morgan fingerprint density at radius 2 is 2.05 bits per heavy atom. The average molecular weight is 279 g/mol. The van der Waals surface area contributed by atoms with Crippen LogP contribution in [-0.2, 0) is 6.54 Å². The summed E-state index contributed by atoms with van der Waals surface area (Å²) in [5.41, 5.74) is -0.365. The molecule has 0 atom stereocenters. The smallest absolute Gasteiger partial charge is 0.315 e. The largest absolute Gasteiger partial charge is 0.388 e. The molecule has 0 radical (unpaired) electrons. The van der Waals surface area contributed by atoms with Crippen molar-refractivity contribution in [1.82, 2.24) is 10.6 Å². The second kappa shape index (κ2) is 5.87. The highest BCUT2D eigenvalue weighted by Crippen LogP contribution is 2.30. The fraction of sp³-hybridized carbons (Fsp3) is 0.462. The monoisotopic (exact) mass is 279 g/mol. The van der Waals surface area contributed by atoms with Gasteiger partial charge in [0, 0.05) is 18.2 Å². The lowest BCUT2D eigenvalue weighted by molar-refractivity contribution is -0.385. The van der Waals surface area contributed by atoms with Crippen LogP contribution in [0.1, 0.15) is 24.8 Å². The average Bonchev–Trinajstić information content (AvgIpc) is 2.41. The number of nitro groups is 1. The van der Waals surface area contributed by atoms with Crippen molar-refractivity contribution in [1.29, 1.82) is 0 Å². The molecule has 0 aliphatic heterocycles. The van der Waals surface area contributed by atoms with Crippen molar-refractivity contribution in [2.75, 3.05) is 6.54 Å². The molecule has 1 saturated carbocycles. The summed E-state index contributed by atoms with van der Waals surface area (Å²) in [6.07, 6.45) is 2.35. The molecule has 0 unspecified atom stereocenters. The van der Waals surface area contributed by atoms with Gasteiger partial charge in [0.05, 0.1) is 17.1 Å². The predicted octanol–water partition coefficient (Wildman–Crippen LogP) is 1.31. The summed E-state index contributed by atoms with van der Waals surface area (Å²) in [5.74, 6) is 0. The van der Waals surface area contributed by atoms with E-state index in [2.05, 4.69) is 10.6 Å². The van der Waals surface area contributed by atoms with Gasteiger partial charge in [0.15, 0.2) is 0 Å².